The first-order chi connectivity index (χ1) is 7.95. The molecule has 0 radical (unpaired) electrons. The van der Waals surface area contributed by atoms with E-state index < -0.39 is 0 Å². The van der Waals surface area contributed by atoms with Crippen molar-refractivity contribution in [3.05, 3.63) is 48.5 Å². The van der Waals surface area contributed by atoms with Crippen molar-refractivity contribution in [3.63, 3.8) is 0 Å². The molecule has 82 valence electrons. The maximum absolute atomic E-state index is 5.45. The Kier molecular flexibility index (Phi) is 2.44. The van der Waals surface area contributed by atoms with Crippen molar-refractivity contribution in [1.82, 2.24) is 9.55 Å². The Bertz CT molecular complexity index is 461. The van der Waals surface area contributed by atoms with Crippen molar-refractivity contribution in [1.29, 1.82) is 0 Å². The lowest BCUT2D eigenvalue weighted by molar-refractivity contribution is -0.0516. The van der Waals surface area contributed by atoms with Crippen LogP contribution < -0.4 is 0 Å². The van der Waals surface area contributed by atoms with Crippen LogP contribution in [0, 0.1) is 0 Å². The van der Waals surface area contributed by atoms with Gasteiger partial charge < -0.3 is 9.47 Å². The van der Waals surface area contributed by atoms with Crippen LogP contribution in [0.4, 0.5) is 0 Å². The smallest absolute Gasteiger partial charge is 0.217 e. The van der Waals surface area contributed by atoms with Crippen LogP contribution in [-0.4, -0.2) is 22.8 Å². The summed E-state index contributed by atoms with van der Waals surface area (Å²) in [4.78, 5) is 4.29. The van der Waals surface area contributed by atoms with Crippen molar-refractivity contribution in [2.75, 3.05) is 13.2 Å². The molecule has 3 rings (SSSR count). The van der Waals surface area contributed by atoms with Gasteiger partial charge in [-0.2, -0.15) is 0 Å². The van der Waals surface area contributed by atoms with Crippen LogP contribution in [0.3, 0.4) is 0 Å². The zero-order chi connectivity index (χ0) is 10.8. The molecule has 1 aliphatic heterocycles. The Labute approximate surface area is 93.4 Å². The summed E-state index contributed by atoms with van der Waals surface area (Å²) in [6.07, 6.45) is 3.33. The van der Waals surface area contributed by atoms with E-state index in [4.69, 9.17) is 9.47 Å². The maximum atomic E-state index is 5.45. The minimum atomic E-state index is -0.338. The lowest BCUT2D eigenvalue weighted by atomic mass is 10.3. The standard InChI is InChI=1S/C12H12N2O2/c1-2-4-10(5-3-1)14-7-6-13-11(14)12-15-8-9-16-12/h1-7,12H,8-9H2. The summed E-state index contributed by atoms with van der Waals surface area (Å²) >= 11 is 0. The van der Waals surface area contributed by atoms with Gasteiger partial charge in [0.15, 0.2) is 5.82 Å². The van der Waals surface area contributed by atoms with Gasteiger partial charge in [-0.25, -0.2) is 4.98 Å². The molecule has 0 saturated carbocycles. The first kappa shape index (κ1) is 9.57. The van der Waals surface area contributed by atoms with E-state index in [2.05, 4.69) is 4.98 Å². The molecular weight excluding hydrogens is 204 g/mol. The molecule has 1 saturated heterocycles. The quantitative estimate of drug-likeness (QED) is 0.769. The van der Waals surface area contributed by atoms with Gasteiger partial charge in [0.25, 0.3) is 0 Å². The van der Waals surface area contributed by atoms with Crippen LogP contribution in [-0.2, 0) is 9.47 Å². The average Bonchev–Trinajstić information content (AvgIpc) is 3.01. The van der Waals surface area contributed by atoms with Crippen molar-refractivity contribution in [3.8, 4) is 5.69 Å². The van der Waals surface area contributed by atoms with Crippen molar-refractivity contribution in [2.45, 2.75) is 6.29 Å². The van der Waals surface area contributed by atoms with Crippen LogP contribution in [0.15, 0.2) is 42.7 Å². The molecule has 0 N–H and O–H groups in total. The number of imidazole rings is 1. The minimum Gasteiger partial charge on any atom is -0.343 e. The predicted octanol–water partition coefficient (Wildman–Crippen LogP) is 1.92. The largest absolute Gasteiger partial charge is 0.343 e. The van der Waals surface area contributed by atoms with Gasteiger partial charge in [0.2, 0.25) is 6.29 Å². The number of aromatic nitrogens is 2. The summed E-state index contributed by atoms with van der Waals surface area (Å²) in [5.74, 6) is 0.795. The van der Waals surface area contributed by atoms with Crippen molar-refractivity contribution >= 4 is 0 Å². The number of benzene rings is 1. The van der Waals surface area contributed by atoms with E-state index in [1.807, 2.05) is 41.1 Å². The molecule has 1 fully saturated rings. The van der Waals surface area contributed by atoms with Gasteiger partial charge in [0.05, 0.1) is 13.2 Å². The zero-order valence-corrected chi connectivity index (χ0v) is 8.74. The Morgan fingerprint density at radius 2 is 1.88 bits per heavy atom. The SMILES string of the molecule is c1ccc(-n2ccnc2C2OCCO2)cc1. The maximum Gasteiger partial charge on any atom is 0.217 e. The highest BCUT2D eigenvalue weighted by Gasteiger charge is 2.23. The van der Waals surface area contributed by atoms with Gasteiger partial charge in [0, 0.05) is 18.1 Å². The number of hydrogen-bond donors (Lipinski definition) is 0. The van der Waals surface area contributed by atoms with Crippen molar-refractivity contribution < 1.29 is 9.47 Å². The highest BCUT2D eigenvalue weighted by atomic mass is 16.7. The van der Waals surface area contributed by atoms with E-state index in [0.29, 0.717) is 13.2 Å². The fourth-order valence-corrected chi connectivity index (χ4v) is 1.80. The average molecular weight is 216 g/mol. The second kappa shape index (κ2) is 4.08. The Balaban J connectivity index is 1.99. The van der Waals surface area contributed by atoms with Crippen LogP contribution in [0.25, 0.3) is 5.69 Å². The summed E-state index contributed by atoms with van der Waals surface area (Å²) in [6, 6.07) is 10.0. The number of rotatable bonds is 2. The van der Waals surface area contributed by atoms with E-state index in [1.165, 1.54) is 0 Å². The van der Waals surface area contributed by atoms with Crippen LogP contribution >= 0.6 is 0 Å². The second-order valence-electron chi connectivity index (χ2n) is 3.56. The molecule has 0 aliphatic carbocycles. The molecule has 2 heterocycles. The number of para-hydroxylation sites is 1. The first-order valence-corrected chi connectivity index (χ1v) is 5.27. The molecular formula is C12H12N2O2. The topological polar surface area (TPSA) is 36.3 Å². The fourth-order valence-electron chi connectivity index (χ4n) is 1.80. The van der Waals surface area contributed by atoms with E-state index >= 15 is 0 Å². The molecule has 1 aliphatic rings. The Morgan fingerprint density at radius 1 is 1.12 bits per heavy atom. The Morgan fingerprint density at radius 3 is 2.62 bits per heavy atom. The highest BCUT2D eigenvalue weighted by Crippen LogP contribution is 2.23. The predicted molar refractivity (Wildman–Crippen MR) is 58.2 cm³/mol. The van der Waals surface area contributed by atoms with E-state index in [-0.39, 0.29) is 6.29 Å². The van der Waals surface area contributed by atoms with E-state index in [1.54, 1.807) is 6.20 Å². The van der Waals surface area contributed by atoms with Gasteiger partial charge in [-0.05, 0) is 12.1 Å². The molecule has 2 aromatic rings. The summed E-state index contributed by atoms with van der Waals surface area (Å²) < 4.78 is 12.9. The van der Waals surface area contributed by atoms with Gasteiger partial charge >= 0.3 is 0 Å². The molecule has 0 unspecified atom stereocenters. The summed E-state index contributed by atoms with van der Waals surface area (Å²) in [5, 5.41) is 0. The van der Waals surface area contributed by atoms with Crippen LogP contribution in [0.5, 0.6) is 0 Å². The lowest BCUT2D eigenvalue weighted by Crippen LogP contribution is -2.07. The molecule has 0 amide bonds. The molecule has 1 aromatic carbocycles. The minimum absolute atomic E-state index is 0.338. The second-order valence-corrected chi connectivity index (χ2v) is 3.56. The summed E-state index contributed by atoms with van der Waals surface area (Å²) in [7, 11) is 0. The third kappa shape index (κ3) is 1.62. The van der Waals surface area contributed by atoms with Gasteiger partial charge in [-0.15, -0.1) is 0 Å². The van der Waals surface area contributed by atoms with Crippen molar-refractivity contribution in [2.24, 2.45) is 0 Å². The molecule has 0 spiro atoms. The normalized spacial score (nSPS) is 16.8. The summed E-state index contributed by atoms with van der Waals surface area (Å²) in [6.45, 7) is 1.26. The molecule has 4 nitrogen and oxygen atoms in total. The number of ether oxygens (including phenoxy) is 2. The van der Waals surface area contributed by atoms with Gasteiger partial charge in [0.1, 0.15) is 0 Å². The molecule has 0 atom stereocenters. The fraction of sp³-hybridized carbons (Fsp3) is 0.250. The molecule has 1 aromatic heterocycles. The van der Waals surface area contributed by atoms with Crippen LogP contribution in [0.2, 0.25) is 0 Å². The third-order valence-corrected chi connectivity index (χ3v) is 2.54. The lowest BCUT2D eigenvalue weighted by Gasteiger charge is -2.11. The van der Waals surface area contributed by atoms with E-state index in [9.17, 15) is 0 Å². The monoisotopic (exact) mass is 216 g/mol. The molecule has 0 bridgehead atoms. The summed E-state index contributed by atoms with van der Waals surface area (Å²) in [5.41, 5.74) is 1.06. The van der Waals surface area contributed by atoms with Gasteiger partial charge in [-0.1, -0.05) is 18.2 Å². The van der Waals surface area contributed by atoms with Gasteiger partial charge in [-0.3, -0.25) is 4.57 Å². The first-order valence-electron chi connectivity index (χ1n) is 5.27. The third-order valence-electron chi connectivity index (χ3n) is 2.54. The van der Waals surface area contributed by atoms with E-state index in [0.717, 1.165) is 11.5 Å². The number of hydrogen-bond acceptors (Lipinski definition) is 3. The zero-order valence-electron chi connectivity index (χ0n) is 8.74. The highest BCUT2D eigenvalue weighted by molar-refractivity contribution is 5.33. The molecule has 16 heavy (non-hydrogen) atoms. The Hall–Kier alpha value is -1.65. The number of nitrogens with zero attached hydrogens (tertiary/aromatic N) is 2. The van der Waals surface area contributed by atoms with Crippen LogP contribution in [0.1, 0.15) is 12.1 Å². The molecule has 4 heteroatoms.